The van der Waals surface area contributed by atoms with Crippen LogP contribution in [0.5, 0.6) is 5.88 Å². The Bertz CT molecular complexity index is 263. The van der Waals surface area contributed by atoms with Gasteiger partial charge in [0.15, 0.2) is 0 Å². The van der Waals surface area contributed by atoms with E-state index in [2.05, 4.69) is 24.1 Å². The highest BCUT2D eigenvalue weighted by Crippen LogP contribution is 2.11. The summed E-state index contributed by atoms with van der Waals surface area (Å²) < 4.78 is 5.44. The molecule has 1 N–H and O–H groups in total. The van der Waals surface area contributed by atoms with Crippen LogP contribution in [0.4, 0.5) is 0 Å². The molecule has 0 amide bonds. The van der Waals surface area contributed by atoms with E-state index in [1.807, 2.05) is 0 Å². The maximum Gasteiger partial charge on any atom is 0.213 e. The van der Waals surface area contributed by atoms with E-state index in [0.29, 0.717) is 23.6 Å². The average molecular weight is 215 g/mol. The lowest BCUT2D eigenvalue weighted by Crippen LogP contribution is -2.31. The molecule has 1 heterocycles. The van der Waals surface area contributed by atoms with Crippen molar-refractivity contribution in [1.82, 2.24) is 10.3 Å². The van der Waals surface area contributed by atoms with E-state index in [1.165, 1.54) is 0 Å². The molecule has 0 fully saturated rings. The van der Waals surface area contributed by atoms with Gasteiger partial charge in [0.1, 0.15) is 6.61 Å². The molecular formula is C10H15ClN2O. The van der Waals surface area contributed by atoms with E-state index in [-0.39, 0.29) is 0 Å². The van der Waals surface area contributed by atoms with Gasteiger partial charge in [-0.2, -0.15) is 0 Å². The van der Waals surface area contributed by atoms with E-state index < -0.39 is 0 Å². The van der Waals surface area contributed by atoms with Crippen LogP contribution in [0, 0.1) is 0 Å². The predicted molar refractivity (Wildman–Crippen MR) is 57.9 cm³/mol. The Morgan fingerprint density at radius 3 is 2.93 bits per heavy atom. The molecule has 0 aliphatic carbocycles. The monoisotopic (exact) mass is 214 g/mol. The quantitative estimate of drug-likeness (QED) is 0.815. The van der Waals surface area contributed by atoms with Gasteiger partial charge in [-0.05, 0) is 19.5 Å². The molecule has 1 rings (SSSR count). The van der Waals surface area contributed by atoms with E-state index in [4.69, 9.17) is 16.3 Å². The van der Waals surface area contributed by atoms with Gasteiger partial charge in [-0.25, -0.2) is 4.98 Å². The minimum absolute atomic E-state index is 0.331. The normalized spacial score (nSPS) is 12.5. The molecule has 0 aliphatic rings. The summed E-state index contributed by atoms with van der Waals surface area (Å²) in [5, 5.41) is 3.87. The van der Waals surface area contributed by atoms with E-state index in [9.17, 15) is 0 Å². The van der Waals surface area contributed by atoms with Crippen molar-refractivity contribution in [2.45, 2.75) is 19.9 Å². The molecule has 0 saturated carbocycles. The van der Waals surface area contributed by atoms with Crippen LogP contribution < -0.4 is 10.1 Å². The summed E-state index contributed by atoms with van der Waals surface area (Å²) in [6, 6.07) is 3.86. The third kappa shape index (κ3) is 3.94. The van der Waals surface area contributed by atoms with Crippen molar-refractivity contribution in [2.24, 2.45) is 0 Å². The van der Waals surface area contributed by atoms with Crippen molar-refractivity contribution in [3.63, 3.8) is 0 Å². The summed E-state index contributed by atoms with van der Waals surface area (Å²) in [5.41, 5.74) is 0. The molecule has 14 heavy (non-hydrogen) atoms. The molecule has 0 spiro atoms. The number of aromatic nitrogens is 1. The fourth-order valence-electron chi connectivity index (χ4n) is 1.07. The first-order valence-corrected chi connectivity index (χ1v) is 5.08. The van der Waals surface area contributed by atoms with Gasteiger partial charge in [0.25, 0.3) is 0 Å². The number of pyridine rings is 1. The third-order valence-corrected chi connectivity index (χ3v) is 1.96. The molecule has 4 heteroatoms. The Morgan fingerprint density at radius 1 is 1.57 bits per heavy atom. The largest absolute Gasteiger partial charge is 0.476 e. The molecule has 0 bridgehead atoms. The van der Waals surface area contributed by atoms with Crippen LogP contribution in [-0.2, 0) is 0 Å². The molecule has 1 atom stereocenters. The molecule has 0 aromatic carbocycles. The number of hydrogen-bond donors (Lipinski definition) is 1. The fraction of sp³-hybridized carbons (Fsp3) is 0.500. The van der Waals surface area contributed by atoms with Crippen LogP contribution >= 0.6 is 11.6 Å². The fourth-order valence-corrected chi connectivity index (χ4v) is 1.18. The van der Waals surface area contributed by atoms with Crippen LogP contribution in [0.15, 0.2) is 18.3 Å². The highest BCUT2D eigenvalue weighted by atomic mass is 35.5. The maximum absolute atomic E-state index is 5.69. The highest BCUT2D eigenvalue weighted by molar-refractivity contribution is 6.30. The zero-order valence-corrected chi connectivity index (χ0v) is 9.21. The van der Waals surface area contributed by atoms with Gasteiger partial charge < -0.3 is 10.1 Å². The smallest absolute Gasteiger partial charge is 0.213 e. The molecule has 78 valence electrons. The van der Waals surface area contributed by atoms with Crippen LogP contribution in [-0.4, -0.2) is 24.2 Å². The lowest BCUT2D eigenvalue weighted by Gasteiger charge is -2.12. The first-order valence-electron chi connectivity index (χ1n) is 4.70. The molecule has 1 aromatic rings. The number of rotatable bonds is 5. The standard InChI is InChI=1S/C10H15ClN2O/c1-3-12-8(2)7-14-10-5-4-9(11)6-13-10/h4-6,8,12H,3,7H2,1-2H3/t8-/m0/s1. The predicted octanol–water partition coefficient (Wildman–Crippen LogP) is 2.11. The summed E-state index contributed by atoms with van der Waals surface area (Å²) in [7, 11) is 0. The zero-order valence-electron chi connectivity index (χ0n) is 8.46. The minimum atomic E-state index is 0.331. The molecule has 0 saturated heterocycles. The van der Waals surface area contributed by atoms with E-state index >= 15 is 0 Å². The van der Waals surface area contributed by atoms with Gasteiger partial charge in [0.2, 0.25) is 5.88 Å². The summed E-state index contributed by atoms with van der Waals surface area (Å²) in [6.45, 7) is 5.69. The Kier molecular flexibility index (Phi) is 4.70. The number of likely N-dealkylation sites (N-methyl/N-ethyl adjacent to an activating group) is 1. The molecule has 0 aliphatic heterocycles. The van der Waals surface area contributed by atoms with Gasteiger partial charge in [-0.1, -0.05) is 18.5 Å². The van der Waals surface area contributed by atoms with Gasteiger partial charge in [-0.15, -0.1) is 0 Å². The summed E-state index contributed by atoms with van der Waals surface area (Å²) in [4.78, 5) is 4.03. The second-order valence-electron chi connectivity index (χ2n) is 3.08. The summed E-state index contributed by atoms with van der Waals surface area (Å²) in [5.74, 6) is 0.610. The van der Waals surface area contributed by atoms with Gasteiger partial charge in [0.05, 0.1) is 5.02 Å². The van der Waals surface area contributed by atoms with Gasteiger partial charge in [0, 0.05) is 18.3 Å². The van der Waals surface area contributed by atoms with Crippen molar-refractivity contribution in [3.8, 4) is 5.88 Å². The van der Waals surface area contributed by atoms with E-state index in [0.717, 1.165) is 6.54 Å². The minimum Gasteiger partial charge on any atom is -0.476 e. The molecular weight excluding hydrogens is 200 g/mol. The molecule has 0 radical (unpaired) electrons. The Hall–Kier alpha value is -0.800. The second-order valence-corrected chi connectivity index (χ2v) is 3.52. The van der Waals surface area contributed by atoms with Crippen molar-refractivity contribution in [2.75, 3.05) is 13.2 Å². The molecule has 3 nitrogen and oxygen atoms in total. The second kappa shape index (κ2) is 5.83. The Labute approximate surface area is 89.4 Å². The van der Waals surface area contributed by atoms with Crippen LogP contribution in [0.2, 0.25) is 5.02 Å². The first kappa shape index (κ1) is 11.3. The van der Waals surface area contributed by atoms with Crippen LogP contribution in [0.25, 0.3) is 0 Å². The number of hydrogen-bond acceptors (Lipinski definition) is 3. The first-order chi connectivity index (χ1) is 6.72. The van der Waals surface area contributed by atoms with Crippen molar-refractivity contribution in [3.05, 3.63) is 23.4 Å². The van der Waals surface area contributed by atoms with Gasteiger partial charge >= 0.3 is 0 Å². The zero-order chi connectivity index (χ0) is 10.4. The Balaban J connectivity index is 2.34. The summed E-state index contributed by atoms with van der Waals surface area (Å²) in [6.07, 6.45) is 1.58. The molecule has 0 unspecified atom stereocenters. The number of nitrogens with zero attached hydrogens (tertiary/aromatic N) is 1. The van der Waals surface area contributed by atoms with Crippen molar-refractivity contribution in [1.29, 1.82) is 0 Å². The third-order valence-electron chi connectivity index (χ3n) is 1.73. The van der Waals surface area contributed by atoms with Crippen molar-refractivity contribution < 1.29 is 4.74 Å². The molecule has 1 aromatic heterocycles. The van der Waals surface area contributed by atoms with Gasteiger partial charge in [-0.3, -0.25) is 0 Å². The highest BCUT2D eigenvalue weighted by Gasteiger charge is 2.01. The van der Waals surface area contributed by atoms with Crippen LogP contribution in [0.1, 0.15) is 13.8 Å². The van der Waals surface area contributed by atoms with E-state index in [1.54, 1.807) is 18.3 Å². The Morgan fingerprint density at radius 2 is 2.36 bits per heavy atom. The van der Waals surface area contributed by atoms with Crippen molar-refractivity contribution >= 4 is 11.6 Å². The lowest BCUT2D eigenvalue weighted by molar-refractivity contribution is 0.266. The average Bonchev–Trinajstić information content (AvgIpc) is 2.17. The maximum atomic E-state index is 5.69. The lowest BCUT2D eigenvalue weighted by atomic mass is 10.3. The summed E-state index contributed by atoms with van der Waals surface area (Å²) >= 11 is 5.69. The number of halogens is 1. The SMILES string of the molecule is CCN[C@@H](C)COc1ccc(Cl)cn1. The topological polar surface area (TPSA) is 34.1 Å². The number of ether oxygens (including phenoxy) is 1. The number of nitrogens with one attached hydrogen (secondary N) is 1. The van der Waals surface area contributed by atoms with Crippen LogP contribution in [0.3, 0.4) is 0 Å².